The maximum Gasteiger partial charge on any atom is 0.324 e. The van der Waals surface area contributed by atoms with Crippen molar-refractivity contribution >= 4 is 11.8 Å². The third-order valence-corrected chi connectivity index (χ3v) is 2.67. The minimum Gasteiger partial charge on any atom is -0.468 e. The average Bonchev–Trinajstić information content (AvgIpc) is 2.94. The lowest BCUT2D eigenvalue weighted by Gasteiger charge is -2.12. The van der Waals surface area contributed by atoms with Crippen molar-refractivity contribution in [1.82, 2.24) is 0 Å². The van der Waals surface area contributed by atoms with E-state index in [2.05, 4.69) is 0 Å². The second-order valence-corrected chi connectivity index (χ2v) is 3.93. The fourth-order valence-corrected chi connectivity index (χ4v) is 1.80. The maximum absolute atomic E-state index is 12.4. The van der Waals surface area contributed by atoms with Crippen LogP contribution in [0.25, 0.3) is 0 Å². The highest BCUT2D eigenvalue weighted by molar-refractivity contribution is 6.12. The molecule has 0 aliphatic heterocycles. The number of rotatable bonds is 5. The lowest BCUT2D eigenvalue weighted by molar-refractivity contribution is -0.143. The Morgan fingerprint density at radius 1 is 1.16 bits per heavy atom. The molecular weight excluding hydrogens is 244 g/mol. The Morgan fingerprint density at radius 3 is 2.47 bits per heavy atom. The number of esters is 1. The molecule has 0 fully saturated rings. The fraction of sp³-hybridized carbons (Fsp3) is 0.200. The molecule has 4 nitrogen and oxygen atoms in total. The van der Waals surface area contributed by atoms with Crippen LogP contribution in [0.3, 0.4) is 0 Å². The van der Waals surface area contributed by atoms with Crippen molar-refractivity contribution < 1.29 is 18.7 Å². The molecule has 0 amide bonds. The summed E-state index contributed by atoms with van der Waals surface area (Å²) in [6, 6.07) is 11.9. The Morgan fingerprint density at radius 2 is 1.89 bits per heavy atom. The van der Waals surface area contributed by atoms with Gasteiger partial charge in [-0.05, 0) is 19.1 Å². The third kappa shape index (κ3) is 2.91. The molecule has 0 N–H and O–H groups in total. The molecule has 2 rings (SSSR count). The molecule has 0 bridgehead atoms. The van der Waals surface area contributed by atoms with Crippen molar-refractivity contribution in [2.45, 2.75) is 12.8 Å². The molecule has 0 radical (unpaired) electrons. The van der Waals surface area contributed by atoms with Crippen molar-refractivity contribution in [2.24, 2.45) is 0 Å². The van der Waals surface area contributed by atoms with E-state index in [0.29, 0.717) is 11.3 Å². The molecule has 0 aliphatic carbocycles. The van der Waals surface area contributed by atoms with Crippen LogP contribution >= 0.6 is 0 Å². The minimum atomic E-state index is -1.04. The monoisotopic (exact) mass is 258 g/mol. The van der Waals surface area contributed by atoms with Gasteiger partial charge in [0.15, 0.2) is 11.7 Å². The van der Waals surface area contributed by atoms with E-state index in [1.165, 1.54) is 6.26 Å². The van der Waals surface area contributed by atoms with Crippen LogP contribution < -0.4 is 0 Å². The van der Waals surface area contributed by atoms with Gasteiger partial charge in [0.25, 0.3) is 0 Å². The van der Waals surface area contributed by atoms with Crippen LogP contribution in [0, 0.1) is 0 Å². The Hall–Kier alpha value is -2.36. The number of hydrogen-bond acceptors (Lipinski definition) is 4. The highest BCUT2D eigenvalue weighted by atomic mass is 16.5. The molecule has 98 valence electrons. The summed E-state index contributed by atoms with van der Waals surface area (Å²) in [6.07, 6.45) is 1.43. The van der Waals surface area contributed by atoms with Crippen molar-refractivity contribution in [3.05, 3.63) is 60.1 Å². The van der Waals surface area contributed by atoms with Gasteiger partial charge in [0.2, 0.25) is 0 Å². The zero-order valence-electron chi connectivity index (χ0n) is 10.5. The summed E-state index contributed by atoms with van der Waals surface area (Å²) >= 11 is 0. The summed E-state index contributed by atoms with van der Waals surface area (Å²) < 4.78 is 10.1. The zero-order chi connectivity index (χ0) is 13.7. The summed E-state index contributed by atoms with van der Waals surface area (Å²) in [4.78, 5) is 24.4. The SMILES string of the molecule is CCOC(=O)C(C(=O)c1ccccc1)c1ccco1. The number of carbonyl (C=O) groups is 2. The predicted molar refractivity (Wildman–Crippen MR) is 68.9 cm³/mol. The maximum atomic E-state index is 12.4. The highest BCUT2D eigenvalue weighted by Gasteiger charge is 2.32. The number of furan rings is 1. The first-order valence-corrected chi connectivity index (χ1v) is 6.03. The first kappa shape index (κ1) is 13.1. The van der Waals surface area contributed by atoms with E-state index in [1.54, 1.807) is 43.3 Å². The van der Waals surface area contributed by atoms with Gasteiger partial charge < -0.3 is 9.15 Å². The van der Waals surface area contributed by atoms with Gasteiger partial charge in [0.1, 0.15) is 5.76 Å². The second-order valence-electron chi connectivity index (χ2n) is 3.93. The van der Waals surface area contributed by atoms with E-state index >= 15 is 0 Å². The molecule has 0 saturated heterocycles. The van der Waals surface area contributed by atoms with Gasteiger partial charge in [-0.15, -0.1) is 0 Å². The first-order chi connectivity index (χ1) is 9.24. The number of ketones is 1. The lowest BCUT2D eigenvalue weighted by Crippen LogP contribution is -2.24. The molecule has 2 aromatic rings. The van der Waals surface area contributed by atoms with Crippen molar-refractivity contribution in [2.75, 3.05) is 6.61 Å². The molecule has 1 unspecified atom stereocenters. The van der Waals surface area contributed by atoms with Crippen LogP contribution in [-0.2, 0) is 9.53 Å². The van der Waals surface area contributed by atoms with E-state index in [9.17, 15) is 9.59 Å². The van der Waals surface area contributed by atoms with E-state index in [1.807, 2.05) is 6.07 Å². The normalized spacial score (nSPS) is 11.8. The second kappa shape index (κ2) is 6.00. The van der Waals surface area contributed by atoms with Crippen LogP contribution in [-0.4, -0.2) is 18.4 Å². The van der Waals surface area contributed by atoms with Gasteiger partial charge in [-0.3, -0.25) is 9.59 Å². The van der Waals surface area contributed by atoms with Gasteiger partial charge in [-0.2, -0.15) is 0 Å². The van der Waals surface area contributed by atoms with E-state index < -0.39 is 11.9 Å². The van der Waals surface area contributed by atoms with Crippen molar-refractivity contribution in [1.29, 1.82) is 0 Å². The Bertz CT molecular complexity index is 543. The molecular formula is C15H14O4. The quantitative estimate of drug-likeness (QED) is 0.470. The predicted octanol–water partition coefficient (Wildman–Crippen LogP) is 2.81. The standard InChI is InChI=1S/C15H14O4/c1-2-18-15(17)13(12-9-6-10-19-12)14(16)11-7-4-3-5-8-11/h3-10,13H,2H2,1H3. The Balaban J connectivity index is 2.33. The van der Waals surface area contributed by atoms with E-state index in [4.69, 9.17) is 9.15 Å². The molecule has 0 aliphatic rings. The topological polar surface area (TPSA) is 56.5 Å². The number of benzene rings is 1. The lowest BCUT2D eigenvalue weighted by atomic mass is 9.95. The summed E-state index contributed by atoms with van der Waals surface area (Å²) in [5.74, 6) is -1.66. The van der Waals surface area contributed by atoms with Crippen LogP contribution in [0.2, 0.25) is 0 Å². The average molecular weight is 258 g/mol. The van der Waals surface area contributed by atoms with Crippen LogP contribution in [0.4, 0.5) is 0 Å². The fourth-order valence-electron chi connectivity index (χ4n) is 1.80. The van der Waals surface area contributed by atoms with Crippen LogP contribution in [0.1, 0.15) is 29.0 Å². The highest BCUT2D eigenvalue weighted by Crippen LogP contribution is 2.23. The summed E-state index contributed by atoms with van der Waals surface area (Å²) in [5.41, 5.74) is 0.456. The molecule has 1 aromatic heterocycles. The first-order valence-electron chi connectivity index (χ1n) is 6.03. The van der Waals surface area contributed by atoms with Crippen molar-refractivity contribution in [3.63, 3.8) is 0 Å². The molecule has 1 heterocycles. The summed E-state index contributed by atoms with van der Waals surface area (Å²) in [6.45, 7) is 1.92. The number of hydrogen-bond donors (Lipinski definition) is 0. The van der Waals surface area contributed by atoms with Gasteiger partial charge in [0.05, 0.1) is 12.9 Å². The third-order valence-electron chi connectivity index (χ3n) is 2.67. The molecule has 4 heteroatoms. The molecule has 1 aromatic carbocycles. The van der Waals surface area contributed by atoms with Gasteiger partial charge in [0, 0.05) is 5.56 Å². The van der Waals surface area contributed by atoms with E-state index in [-0.39, 0.29) is 12.4 Å². The number of carbonyl (C=O) groups excluding carboxylic acids is 2. The minimum absolute atomic E-state index is 0.220. The largest absolute Gasteiger partial charge is 0.468 e. The van der Waals surface area contributed by atoms with Gasteiger partial charge in [-0.25, -0.2) is 0 Å². The van der Waals surface area contributed by atoms with Crippen molar-refractivity contribution in [3.8, 4) is 0 Å². The van der Waals surface area contributed by atoms with Crippen LogP contribution in [0.5, 0.6) is 0 Å². The zero-order valence-corrected chi connectivity index (χ0v) is 10.5. The summed E-state index contributed by atoms with van der Waals surface area (Å²) in [5, 5.41) is 0. The van der Waals surface area contributed by atoms with Gasteiger partial charge in [-0.1, -0.05) is 30.3 Å². The summed E-state index contributed by atoms with van der Waals surface area (Å²) in [7, 11) is 0. The number of ether oxygens (including phenoxy) is 1. The number of Topliss-reactive ketones (excluding diaryl/α,β-unsaturated/α-hetero) is 1. The molecule has 1 atom stereocenters. The van der Waals surface area contributed by atoms with Crippen LogP contribution in [0.15, 0.2) is 53.1 Å². The molecule has 0 spiro atoms. The van der Waals surface area contributed by atoms with Gasteiger partial charge >= 0.3 is 5.97 Å². The Kier molecular flexibility index (Phi) is 4.13. The van der Waals surface area contributed by atoms with E-state index in [0.717, 1.165) is 0 Å². The molecule has 0 saturated carbocycles. The smallest absolute Gasteiger partial charge is 0.324 e. The Labute approximate surface area is 111 Å². The molecule has 19 heavy (non-hydrogen) atoms.